The highest BCUT2D eigenvalue weighted by Gasteiger charge is 2.21. The summed E-state index contributed by atoms with van der Waals surface area (Å²) in [6.07, 6.45) is 0.153. The van der Waals surface area contributed by atoms with Gasteiger partial charge in [0.15, 0.2) is 17.3 Å². The van der Waals surface area contributed by atoms with Gasteiger partial charge < -0.3 is 15.9 Å². The van der Waals surface area contributed by atoms with Crippen LogP contribution >= 0.6 is 0 Å². The molecule has 0 aromatic heterocycles. The first-order valence-corrected chi connectivity index (χ1v) is 5.57. The summed E-state index contributed by atoms with van der Waals surface area (Å²) >= 11 is 0. The average molecular weight is 237 g/mol. The van der Waals surface area contributed by atoms with E-state index in [2.05, 4.69) is 0 Å². The predicted molar refractivity (Wildman–Crippen MR) is 66.5 cm³/mol. The third-order valence-corrected chi connectivity index (χ3v) is 2.63. The first-order chi connectivity index (χ1) is 7.77. The van der Waals surface area contributed by atoms with Crippen LogP contribution in [-0.4, -0.2) is 22.5 Å². The van der Waals surface area contributed by atoms with E-state index in [4.69, 9.17) is 5.73 Å². The molecule has 0 radical (unpaired) electrons. The van der Waals surface area contributed by atoms with Gasteiger partial charge in [0.05, 0.1) is 5.56 Å². The number of phenolic OH excluding ortho intramolecular Hbond substituents is 2. The SMILES string of the molecule is CC(C)(C)c1cc(O)c(O)c(C(=O)CCN)c1. The van der Waals surface area contributed by atoms with Gasteiger partial charge in [-0.3, -0.25) is 4.79 Å². The van der Waals surface area contributed by atoms with Gasteiger partial charge in [-0.05, 0) is 29.7 Å². The molecule has 0 heterocycles. The maximum Gasteiger partial charge on any atom is 0.168 e. The molecule has 1 rings (SSSR count). The summed E-state index contributed by atoms with van der Waals surface area (Å²) in [5.41, 5.74) is 6.05. The molecule has 0 atom stereocenters. The number of ketones is 1. The molecular weight excluding hydrogens is 218 g/mol. The number of nitrogens with two attached hydrogens (primary N) is 1. The molecule has 1 aromatic rings. The molecule has 0 bridgehead atoms. The van der Waals surface area contributed by atoms with Gasteiger partial charge in [-0.25, -0.2) is 0 Å². The van der Waals surface area contributed by atoms with Gasteiger partial charge in [0, 0.05) is 6.42 Å². The molecule has 17 heavy (non-hydrogen) atoms. The number of carbonyl (C=O) groups is 1. The second kappa shape index (κ2) is 4.75. The van der Waals surface area contributed by atoms with Gasteiger partial charge in [0.1, 0.15) is 0 Å². The zero-order chi connectivity index (χ0) is 13.2. The van der Waals surface area contributed by atoms with Gasteiger partial charge in [-0.2, -0.15) is 0 Å². The van der Waals surface area contributed by atoms with Crippen LogP contribution in [0.3, 0.4) is 0 Å². The zero-order valence-corrected chi connectivity index (χ0v) is 10.4. The highest BCUT2D eigenvalue weighted by Crippen LogP contribution is 2.35. The topological polar surface area (TPSA) is 83.5 Å². The summed E-state index contributed by atoms with van der Waals surface area (Å²) in [5, 5.41) is 19.3. The molecule has 0 saturated heterocycles. The average Bonchev–Trinajstić information content (AvgIpc) is 2.20. The molecule has 4 nitrogen and oxygen atoms in total. The summed E-state index contributed by atoms with van der Waals surface area (Å²) in [6, 6.07) is 3.10. The minimum atomic E-state index is -0.364. The Morgan fingerprint density at radius 1 is 1.29 bits per heavy atom. The molecule has 0 aliphatic heterocycles. The smallest absolute Gasteiger partial charge is 0.168 e. The van der Waals surface area contributed by atoms with Crippen LogP contribution in [0, 0.1) is 0 Å². The maximum absolute atomic E-state index is 11.7. The largest absolute Gasteiger partial charge is 0.504 e. The highest BCUT2D eigenvalue weighted by atomic mass is 16.3. The first-order valence-electron chi connectivity index (χ1n) is 5.57. The lowest BCUT2D eigenvalue weighted by atomic mass is 9.85. The molecule has 0 aliphatic rings. The number of benzene rings is 1. The highest BCUT2D eigenvalue weighted by molar-refractivity contribution is 5.99. The van der Waals surface area contributed by atoms with Crippen molar-refractivity contribution in [3.05, 3.63) is 23.3 Å². The molecule has 0 unspecified atom stereocenters. The Labute approximate surface area is 101 Å². The number of rotatable bonds is 3. The van der Waals surface area contributed by atoms with Crippen LogP contribution in [0.25, 0.3) is 0 Å². The summed E-state index contributed by atoms with van der Waals surface area (Å²) in [6.45, 7) is 6.13. The number of carbonyl (C=O) groups excluding carboxylic acids is 1. The Hall–Kier alpha value is -1.55. The van der Waals surface area contributed by atoms with Crippen molar-refractivity contribution < 1.29 is 15.0 Å². The Bertz CT molecular complexity index is 433. The molecule has 0 spiro atoms. The van der Waals surface area contributed by atoms with Crippen LogP contribution in [0.15, 0.2) is 12.1 Å². The lowest BCUT2D eigenvalue weighted by Crippen LogP contribution is -2.14. The number of hydrogen-bond donors (Lipinski definition) is 3. The summed E-state index contributed by atoms with van der Waals surface area (Å²) in [4.78, 5) is 11.7. The Morgan fingerprint density at radius 2 is 1.88 bits per heavy atom. The predicted octanol–water partition coefficient (Wildman–Crippen LogP) is 1.93. The zero-order valence-electron chi connectivity index (χ0n) is 10.4. The van der Waals surface area contributed by atoms with E-state index in [1.807, 2.05) is 20.8 Å². The van der Waals surface area contributed by atoms with Crippen molar-refractivity contribution in [2.24, 2.45) is 5.73 Å². The van der Waals surface area contributed by atoms with Crippen molar-refractivity contribution in [3.63, 3.8) is 0 Å². The number of phenols is 2. The third-order valence-electron chi connectivity index (χ3n) is 2.63. The van der Waals surface area contributed by atoms with E-state index in [1.54, 1.807) is 6.07 Å². The van der Waals surface area contributed by atoms with Crippen LogP contribution in [0.1, 0.15) is 43.1 Å². The summed E-state index contributed by atoms with van der Waals surface area (Å²) < 4.78 is 0. The molecule has 0 saturated carbocycles. The fourth-order valence-corrected chi connectivity index (χ4v) is 1.53. The second-order valence-corrected chi connectivity index (χ2v) is 5.10. The van der Waals surface area contributed by atoms with Gasteiger partial charge in [0.2, 0.25) is 0 Å². The fraction of sp³-hybridized carbons (Fsp3) is 0.462. The van der Waals surface area contributed by atoms with Crippen molar-refractivity contribution in [3.8, 4) is 11.5 Å². The Morgan fingerprint density at radius 3 is 2.35 bits per heavy atom. The van der Waals surface area contributed by atoms with Crippen LogP contribution in [0.5, 0.6) is 11.5 Å². The first kappa shape index (κ1) is 13.5. The third kappa shape index (κ3) is 2.97. The minimum Gasteiger partial charge on any atom is -0.504 e. The summed E-state index contributed by atoms with van der Waals surface area (Å²) in [7, 11) is 0. The van der Waals surface area contributed by atoms with Crippen molar-refractivity contribution in [1.29, 1.82) is 0 Å². The molecule has 0 amide bonds. The van der Waals surface area contributed by atoms with E-state index in [0.29, 0.717) is 0 Å². The number of Topliss-reactive ketones (excluding diaryl/α,β-unsaturated/α-hetero) is 1. The number of aromatic hydroxyl groups is 2. The Kier molecular flexibility index (Phi) is 3.78. The van der Waals surface area contributed by atoms with E-state index >= 15 is 0 Å². The molecule has 4 heteroatoms. The molecular formula is C13H19NO3. The van der Waals surface area contributed by atoms with Crippen LogP contribution in [-0.2, 0) is 5.41 Å². The normalized spacial score (nSPS) is 11.5. The van der Waals surface area contributed by atoms with E-state index < -0.39 is 0 Å². The minimum absolute atomic E-state index is 0.139. The quantitative estimate of drug-likeness (QED) is 0.554. The molecule has 4 N–H and O–H groups in total. The van der Waals surface area contributed by atoms with Crippen LogP contribution < -0.4 is 5.73 Å². The monoisotopic (exact) mass is 237 g/mol. The van der Waals surface area contributed by atoms with Gasteiger partial charge in [0.25, 0.3) is 0 Å². The summed E-state index contributed by atoms with van der Waals surface area (Å²) in [5.74, 6) is -0.888. The van der Waals surface area contributed by atoms with Crippen molar-refractivity contribution in [2.45, 2.75) is 32.6 Å². The molecule has 94 valence electrons. The van der Waals surface area contributed by atoms with E-state index in [1.165, 1.54) is 6.07 Å². The van der Waals surface area contributed by atoms with Gasteiger partial charge in [-0.1, -0.05) is 20.8 Å². The van der Waals surface area contributed by atoms with Crippen molar-refractivity contribution >= 4 is 5.78 Å². The van der Waals surface area contributed by atoms with E-state index in [-0.39, 0.29) is 41.2 Å². The lowest BCUT2D eigenvalue weighted by Gasteiger charge is -2.20. The molecule has 1 aromatic carbocycles. The van der Waals surface area contributed by atoms with E-state index in [9.17, 15) is 15.0 Å². The van der Waals surface area contributed by atoms with Gasteiger partial charge in [-0.15, -0.1) is 0 Å². The van der Waals surface area contributed by atoms with Crippen molar-refractivity contribution in [1.82, 2.24) is 0 Å². The molecule has 0 fully saturated rings. The lowest BCUT2D eigenvalue weighted by molar-refractivity contribution is 0.0982. The fourth-order valence-electron chi connectivity index (χ4n) is 1.53. The Balaban J connectivity index is 3.30. The molecule has 0 aliphatic carbocycles. The van der Waals surface area contributed by atoms with Crippen LogP contribution in [0.4, 0.5) is 0 Å². The standard InChI is InChI=1S/C13H19NO3/c1-13(2,3)8-6-9(10(15)4-5-14)12(17)11(16)7-8/h6-7,16-17H,4-5,14H2,1-3H3. The van der Waals surface area contributed by atoms with Crippen LogP contribution in [0.2, 0.25) is 0 Å². The van der Waals surface area contributed by atoms with Gasteiger partial charge >= 0.3 is 0 Å². The van der Waals surface area contributed by atoms with Crippen molar-refractivity contribution in [2.75, 3.05) is 6.54 Å². The van der Waals surface area contributed by atoms with E-state index in [0.717, 1.165) is 5.56 Å². The number of hydrogen-bond acceptors (Lipinski definition) is 4. The second-order valence-electron chi connectivity index (χ2n) is 5.10. The maximum atomic E-state index is 11.7.